The third-order valence-corrected chi connectivity index (χ3v) is 3.13. The van der Waals surface area contributed by atoms with Gasteiger partial charge in [-0.15, -0.1) is 0 Å². The van der Waals surface area contributed by atoms with Crippen LogP contribution >= 0.6 is 0 Å². The Labute approximate surface area is 141 Å². The summed E-state index contributed by atoms with van der Waals surface area (Å²) < 4.78 is 46.9. The summed E-state index contributed by atoms with van der Waals surface area (Å²) in [6.45, 7) is -2.13. The molecule has 0 aliphatic heterocycles. The monoisotopic (exact) mass is 353 g/mol. The van der Waals surface area contributed by atoms with Crippen LogP contribution in [0.1, 0.15) is 15.9 Å². The SMILES string of the molecule is Cc1ccc(F)cc1C(=O)OCC(=O)Nc1ccccc1OC(F)F. The molecule has 0 heterocycles. The highest BCUT2D eigenvalue weighted by Gasteiger charge is 2.15. The molecule has 0 fully saturated rings. The van der Waals surface area contributed by atoms with E-state index in [4.69, 9.17) is 4.74 Å². The molecular formula is C17H14F3NO4. The number of esters is 1. The van der Waals surface area contributed by atoms with E-state index >= 15 is 0 Å². The minimum absolute atomic E-state index is 0.00534. The molecular weight excluding hydrogens is 339 g/mol. The zero-order chi connectivity index (χ0) is 18.4. The lowest BCUT2D eigenvalue weighted by atomic mass is 10.1. The molecule has 2 aromatic rings. The Morgan fingerprint density at radius 1 is 1.16 bits per heavy atom. The lowest BCUT2D eigenvalue weighted by Gasteiger charge is -2.12. The number of rotatable bonds is 6. The van der Waals surface area contributed by atoms with E-state index in [0.29, 0.717) is 5.56 Å². The number of aryl methyl sites for hydroxylation is 1. The van der Waals surface area contributed by atoms with Crippen molar-refractivity contribution in [1.82, 2.24) is 0 Å². The topological polar surface area (TPSA) is 64.6 Å². The number of carbonyl (C=O) groups excluding carboxylic acids is 2. The molecule has 0 radical (unpaired) electrons. The van der Waals surface area contributed by atoms with Crippen molar-refractivity contribution >= 4 is 17.6 Å². The van der Waals surface area contributed by atoms with Crippen molar-refractivity contribution in [3.63, 3.8) is 0 Å². The molecule has 0 spiro atoms. The summed E-state index contributed by atoms with van der Waals surface area (Å²) in [7, 11) is 0. The van der Waals surface area contributed by atoms with E-state index in [0.717, 1.165) is 6.07 Å². The number of hydrogen-bond acceptors (Lipinski definition) is 4. The first kappa shape index (κ1) is 18.3. The van der Waals surface area contributed by atoms with Gasteiger partial charge >= 0.3 is 12.6 Å². The largest absolute Gasteiger partial charge is 0.452 e. The fourth-order valence-electron chi connectivity index (χ4n) is 1.98. The molecule has 5 nitrogen and oxygen atoms in total. The molecule has 0 saturated carbocycles. The second-order valence-electron chi connectivity index (χ2n) is 4.96. The molecule has 0 aliphatic rings. The van der Waals surface area contributed by atoms with Crippen molar-refractivity contribution in [2.75, 3.05) is 11.9 Å². The minimum atomic E-state index is -3.05. The fraction of sp³-hybridized carbons (Fsp3) is 0.176. The number of amides is 1. The molecule has 2 aromatic carbocycles. The van der Waals surface area contributed by atoms with E-state index in [-0.39, 0.29) is 17.0 Å². The van der Waals surface area contributed by atoms with Crippen LogP contribution in [-0.4, -0.2) is 25.1 Å². The summed E-state index contributed by atoms with van der Waals surface area (Å²) in [4.78, 5) is 23.7. The van der Waals surface area contributed by atoms with E-state index < -0.39 is 30.9 Å². The zero-order valence-electron chi connectivity index (χ0n) is 13.1. The van der Waals surface area contributed by atoms with Crippen molar-refractivity contribution in [1.29, 1.82) is 0 Å². The average Bonchev–Trinajstić information content (AvgIpc) is 2.56. The van der Waals surface area contributed by atoms with Gasteiger partial charge < -0.3 is 14.8 Å². The molecule has 25 heavy (non-hydrogen) atoms. The van der Waals surface area contributed by atoms with Crippen molar-refractivity contribution in [2.45, 2.75) is 13.5 Å². The Hall–Kier alpha value is -3.03. The van der Waals surface area contributed by atoms with Gasteiger partial charge in [0.2, 0.25) is 0 Å². The lowest BCUT2D eigenvalue weighted by Crippen LogP contribution is -2.22. The number of benzene rings is 2. The number of carbonyl (C=O) groups is 2. The maximum Gasteiger partial charge on any atom is 0.387 e. The van der Waals surface area contributed by atoms with Gasteiger partial charge in [-0.25, -0.2) is 9.18 Å². The first-order valence-electron chi connectivity index (χ1n) is 7.14. The maximum atomic E-state index is 13.2. The maximum absolute atomic E-state index is 13.2. The van der Waals surface area contributed by atoms with Crippen LogP contribution in [0.4, 0.5) is 18.9 Å². The van der Waals surface area contributed by atoms with Crippen molar-refractivity contribution in [2.24, 2.45) is 0 Å². The standard InChI is InChI=1S/C17H14F3NO4/c1-10-6-7-11(18)8-12(10)16(23)24-9-15(22)21-13-4-2-3-5-14(13)25-17(19)20/h2-8,17H,9H2,1H3,(H,21,22). The smallest absolute Gasteiger partial charge is 0.387 e. The minimum Gasteiger partial charge on any atom is -0.452 e. The van der Waals surface area contributed by atoms with E-state index in [1.54, 1.807) is 6.92 Å². The van der Waals surface area contributed by atoms with Gasteiger partial charge in [-0.3, -0.25) is 4.79 Å². The Bertz CT molecular complexity index is 780. The van der Waals surface area contributed by atoms with Gasteiger partial charge in [0, 0.05) is 0 Å². The number of hydrogen-bond donors (Lipinski definition) is 1. The van der Waals surface area contributed by atoms with Gasteiger partial charge in [0.05, 0.1) is 11.3 Å². The Balaban J connectivity index is 1.97. The van der Waals surface area contributed by atoms with Gasteiger partial charge in [0.25, 0.3) is 5.91 Å². The zero-order valence-corrected chi connectivity index (χ0v) is 13.1. The van der Waals surface area contributed by atoms with Crippen LogP contribution in [0.3, 0.4) is 0 Å². The Morgan fingerprint density at radius 2 is 1.88 bits per heavy atom. The van der Waals surface area contributed by atoms with Gasteiger partial charge in [-0.05, 0) is 36.8 Å². The summed E-state index contributed by atoms with van der Waals surface area (Å²) in [6.07, 6.45) is 0. The third-order valence-electron chi connectivity index (χ3n) is 3.13. The van der Waals surface area contributed by atoms with Gasteiger partial charge in [-0.2, -0.15) is 8.78 Å². The molecule has 0 saturated heterocycles. The van der Waals surface area contributed by atoms with Crippen molar-refractivity contribution in [3.8, 4) is 5.75 Å². The summed E-state index contributed by atoms with van der Waals surface area (Å²) in [6, 6.07) is 9.18. The van der Waals surface area contributed by atoms with Gasteiger partial charge in [0.15, 0.2) is 6.61 Å². The molecule has 8 heteroatoms. The van der Waals surface area contributed by atoms with Crippen molar-refractivity contribution < 1.29 is 32.2 Å². The van der Waals surface area contributed by atoms with Crippen LogP contribution < -0.4 is 10.1 Å². The van der Waals surface area contributed by atoms with Crippen LogP contribution in [0, 0.1) is 12.7 Å². The molecule has 2 rings (SSSR count). The van der Waals surface area contributed by atoms with Crippen molar-refractivity contribution in [3.05, 3.63) is 59.4 Å². The van der Waals surface area contributed by atoms with E-state index in [9.17, 15) is 22.8 Å². The number of nitrogens with one attached hydrogen (secondary N) is 1. The van der Waals surface area contributed by atoms with E-state index in [1.807, 2.05) is 0 Å². The highest BCUT2D eigenvalue weighted by molar-refractivity contribution is 5.96. The quantitative estimate of drug-likeness (QED) is 0.807. The highest BCUT2D eigenvalue weighted by Crippen LogP contribution is 2.25. The normalized spacial score (nSPS) is 10.4. The Morgan fingerprint density at radius 3 is 2.60 bits per heavy atom. The first-order valence-corrected chi connectivity index (χ1v) is 7.14. The molecule has 132 valence electrons. The summed E-state index contributed by atoms with van der Waals surface area (Å²) in [5.41, 5.74) is 0.488. The predicted molar refractivity (Wildman–Crippen MR) is 83.1 cm³/mol. The number of anilines is 1. The molecule has 0 bridgehead atoms. The van der Waals surface area contributed by atoms with Crippen LogP contribution in [0.15, 0.2) is 42.5 Å². The highest BCUT2D eigenvalue weighted by atomic mass is 19.3. The third kappa shape index (κ3) is 5.23. The van der Waals surface area contributed by atoms with Gasteiger partial charge in [0.1, 0.15) is 11.6 Å². The summed E-state index contributed by atoms with van der Waals surface area (Å²) in [5, 5.41) is 2.30. The van der Waals surface area contributed by atoms with E-state index in [1.165, 1.54) is 36.4 Å². The van der Waals surface area contributed by atoms with E-state index in [2.05, 4.69) is 10.1 Å². The lowest BCUT2D eigenvalue weighted by molar-refractivity contribution is -0.119. The number of alkyl halides is 2. The number of halogens is 3. The summed E-state index contributed by atoms with van der Waals surface area (Å²) in [5.74, 6) is -2.46. The average molecular weight is 353 g/mol. The second-order valence-corrected chi connectivity index (χ2v) is 4.96. The predicted octanol–water partition coefficient (Wildman–Crippen LogP) is 3.53. The molecule has 1 N–H and O–H groups in total. The molecule has 1 amide bonds. The van der Waals surface area contributed by atoms with Crippen LogP contribution in [0.2, 0.25) is 0 Å². The molecule has 0 unspecified atom stereocenters. The number of ether oxygens (including phenoxy) is 2. The molecule has 0 atom stereocenters. The van der Waals surface area contributed by atoms with Gasteiger partial charge in [-0.1, -0.05) is 18.2 Å². The van der Waals surface area contributed by atoms with Crippen LogP contribution in [0.25, 0.3) is 0 Å². The van der Waals surface area contributed by atoms with Crippen LogP contribution in [0.5, 0.6) is 5.75 Å². The molecule has 0 aliphatic carbocycles. The molecule has 0 aromatic heterocycles. The Kier molecular flexibility index (Phi) is 5.99. The second kappa shape index (κ2) is 8.18. The number of para-hydroxylation sites is 2. The fourth-order valence-corrected chi connectivity index (χ4v) is 1.98. The summed E-state index contributed by atoms with van der Waals surface area (Å²) >= 11 is 0. The van der Waals surface area contributed by atoms with Crippen LogP contribution in [-0.2, 0) is 9.53 Å². The first-order chi connectivity index (χ1) is 11.9.